The van der Waals surface area contributed by atoms with E-state index in [1.165, 1.54) is 0 Å². The molecule has 3 nitrogen and oxygen atoms in total. The Balaban J connectivity index is 1.77. The normalized spacial score (nSPS) is 10.5. The number of hydrogen-bond acceptors (Lipinski definition) is 1. The van der Waals surface area contributed by atoms with Crippen molar-refractivity contribution in [2.24, 2.45) is 0 Å². The summed E-state index contributed by atoms with van der Waals surface area (Å²) >= 11 is 11.9. The minimum absolute atomic E-state index is 0.219. The molecule has 0 radical (unpaired) electrons. The van der Waals surface area contributed by atoms with Gasteiger partial charge in [-0.25, -0.2) is 0 Å². The highest BCUT2D eigenvalue weighted by molar-refractivity contribution is 6.36. The number of nitrogens with zero attached hydrogens (tertiary/aromatic N) is 1. The predicted octanol–water partition coefficient (Wildman–Crippen LogP) is 5.04. The molecule has 0 aliphatic heterocycles. The maximum atomic E-state index is 12.2. The fourth-order valence-corrected chi connectivity index (χ4v) is 2.53. The van der Waals surface area contributed by atoms with Crippen LogP contribution in [0.5, 0.6) is 0 Å². The fraction of sp³-hybridized carbons (Fsp3) is 0. The number of carbonyl (C=O) groups excluding carboxylic acids is 1. The maximum absolute atomic E-state index is 12.2. The average Bonchev–Trinajstić information content (AvgIpc) is 3.04. The van der Waals surface area contributed by atoms with Crippen molar-refractivity contribution in [3.8, 4) is 5.69 Å². The molecule has 3 aromatic rings. The number of benzene rings is 2. The molecule has 0 fully saturated rings. The summed E-state index contributed by atoms with van der Waals surface area (Å²) in [6, 6.07) is 16.2. The molecule has 0 saturated carbocycles. The van der Waals surface area contributed by atoms with Crippen molar-refractivity contribution in [2.45, 2.75) is 0 Å². The van der Waals surface area contributed by atoms with Crippen LogP contribution in [0, 0.1) is 0 Å². The molecule has 1 heterocycles. The van der Waals surface area contributed by atoms with Crippen molar-refractivity contribution in [1.82, 2.24) is 4.57 Å². The SMILES string of the molecule is O=C(Nc1ccc(Cl)cc1Cl)c1ccc(-n2cccc2)cc1. The molecule has 3 rings (SSSR count). The lowest BCUT2D eigenvalue weighted by Gasteiger charge is -2.08. The van der Waals surface area contributed by atoms with E-state index in [4.69, 9.17) is 23.2 Å². The molecule has 1 aromatic heterocycles. The van der Waals surface area contributed by atoms with Crippen LogP contribution < -0.4 is 5.32 Å². The van der Waals surface area contributed by atoms with Crippen LogP contribution in [0.25, 0.3) is 5.69 Å². The predicted molar refractivity (Wildman–Crippen MR) is 90.2 cm³/mol. The topological polar surface area (TPSA) is 34.0 Å². The molecule has 0 saturated heterocycles. The number of amides is 1. The molecule has 0 unspecified atom stereocenters. The Hall–Kier alpha value is -2.23. The monoisotopic (exact) mass is 330 g/mol. The smallest absolute Gasteiger partial charge is 0.255 e. The Morgan fingerprint density at radius 3 is 2.27 bits per heavy atom. The van der Waals surface area contributed by atoms with E-state index in [0.717, 1.165) is 5.69 Å². The highest BCUT2D eigenvalue weighted by Crippen LogP contribution is 2.25. The molecule has 0 aliphatic rings. The summed E-state index contributed by atoms with van der Waals surface area (Å²) in [5, 5.41) is 3.71. The first-order chi connectivity index (χ1) is 10.6. The number of aromatic nitrogens is 1. The molecule has 0 spiro atoms. The zero-order valence-corrected chi connectivity index (χ0v) is 13.0. The number of rotatable bonds is 3. The Kier molecular flexibility index (Phi) is 4.18. The largest absolute Gasteiger partial charge is 0.324 e. The van der Waals surface area contributed by atoms with Gasteiger partial charge in [-0.15, -0.1) is 0 Å². The van der Waals surface area contributed by atoms with Crippen LogP contribution in [0.2, 0.25) is 10.0 Å². The first kappa shape index (κ1) is 14.7. The van der Waals surface area contributed by atoms with Gasteiger partial charge in [0.1, 0.15) is 0 Å². The Morgan fingerprint density at radius 1 is 0.955 bits per heavy atom. The van der Waals surface area contributed by atoms with E-state index >= 15 is 0 Å². The second kappa shape index (κ2) is 6.26. The number of halogens is 2. The minimum Gasteiger partial charge on any atom is -0.324 e. The summed E-state index contributed by atoms with van der Waals surface area (Å²) in [5.74, 6) is -0.219. The summed E-state index contributed by atoms with van der Waals surface area (Å²) in [5.41, 5.74) is 2.08. The number of hydrogen-bond donors (Lipinski definition) is 1. The Bertz CT molecular complexity index is 796. The van der Waals surface area contributed by atoms with Gasteiger partial charge in [-0.05, 0) is 54.6 Å². The van der Waals surface area contributed by atoms with Crippen LogP contribution in [0.4, 0.5) is 5.69 Å². The molecule has 0 aliphatic carbocycles. The van der Waals surface area contributed by atoms with Crippen molar-refractivity contribution >= 4 is 34.8 Å². The van der Waals surface area contributed by atoms with Crippen molar-refractivity contribution in [2.75, 3.05) is 5.32 Å². The lowest BCUT2D eigenvalue weighted by atomic mass is 10.2. The quantitative estimate of drug-likeness (QED) is 0.717. The third-order valence-corrected chi connectivity index (χ3v) is 3.76. The summed E-state index contributed by atoms with van der Waals surface area (Å²) in [7, 11) is 0. The molecule has 0 bridgehead atoms. The van der Waals surface area contributed by atoms with Gasteiger partial charge < -0.3 is 9.88 Å². The van der Waals surface area contributed by atoms with Gasteiger partial charge in [0.15, 0.2) is 0 Å². The zero-order valence-electron chi connectivity index (χ0n) is 11.5. The van der Waals surface area contributed by atoms with E-state index in [1.54, 1.807) is 30.3 Å². The third-order valence-electron chi connectivity index (χ3n) is 3.21. The summed E-state index contributed by atoms with van der Waals surface area (Å²) in [6.45, 7) is 0. The van der Waals surface area contributed by atoms with Crippen molar-refractivity contribution in [3.05, 3.63) is 82.6 Å². The van der Waals surface area contributed by atoms with Gasteiger partial charge in [-0.3, -0.25) is 4.79 Å². The van der Waals surface area contributed by atoms with Crippen LogP contribution in [0.1, 0.15) is 10.4 Å². The second-order valence-electron chi connectivity index (χ2n) is 4.72. The van der Waals surface area contributed by atoms with Crippen LogP contribution in [-0.4, -0.2) is 10.5 Å². The molecule has 22 heavy (non-hydrogen) atoms. The van der Waals surface area contributed by atoms with Crippen molar-refractivity contribution in [1.29, 1.82) is 0 Å². The van der Waals surface area contributed by atoms with E-state index in [-0.39, 0.29) is 5.91 Å². The molecule has 110 valence electrons. The van der Waals surface area contributed by atoms with Crippen molar-refractivity contribution < 1.29 is 4.79 Å². The Labute approximate surface area is 138 Å². The van der Waals surface area contributed by atoms with Gasteiger partial charge in [-0.2, -0.15) is 0 Å². The van der Waals surface area contributed by atoms with Gasteiger partial charge >= 0.3 is 0 Å². The standard InChI is InChI=1S/C17H12Cl2N2O/c18-13-5-8-16(15(19)11-13)20-17(22)12-3-6-14(7-4-12)21-9-1-2-10-21/h1-11H,(H,20,22). The molecular weight excluding hydrogens is 319 g/mol. The van der Waals surface area contributed by atoms with Crippen LogP contribution in [0.15, 0.2) is 67.0 Å². The van der Waals surface area contributed by atoms with E-state index < -0.39 is 0 Å². The molecular formula is C17H12Cl2N2O. The lowest BCUT2D eigenvalue weighted by molar-refractivity contribution is 0.102. The summed E-state index contributed by atoms with van der Waals surface area (Å²) in [4.78, 5) is 12.2. The van der Waals surface area contributed by atoms with Crippen LogP contribution >= 0.6 is 23.2 Å². The first-order valence-electron chi connectivity index (χ1n) is 6.63. The highest BCUT2D eigenvalue weighted by Gasteiger charge is 2.09. The minimum atomic E-state index is -0.219. The van der Waals surface area contributed by atoms with E-state index in [0.29, 0.717) is 21.3 Å². The van der Waals surface area contributed by atoms with E-state index in [2.05, 4.69) is 5.32 Å². The van der Waals surface area contributed by atoms with Gasteiger partial charge in [0.05, 0.1) is 10.7 Å². The number of anilines is 1. The maximum Gasteiger partial charge on any atom is 0.255 e. The van der Waals surface area contributed by atoms with Crippen LogP contribution in [0.3, 0.4) is 0 Å². The van der Waals surface area contributed by atoms with Gasteiger partial charge in [-0.1, -0.05) is 23.2 Å². The molecule has 5 heteroatoms. The van der Waals surface area contributed by atoms with E-state index in [9.17, 15) is 4.79 Å². The van der Waals surface area contributed by atoms with Gasteiger partial charge in [0, 0.05) is 28.7 Å². The van der Waals surface area contributed by atoms with E-state index in [1.807, 2.05) is 41.2 Å². The first-order valence-corrected chi connectivity index (χ1v) is 7.39. The lowest BCUT2D eigenvalue weighted by Crippen LogP contribution is -2.12. The highest BCUT2D eigenvalue weighted by atomic mass is 35.5. The molecule has 1 N–H and O–H groups in total. The zero-order chi connectivity index (χ0) is 15.5. The fourth-order valence-electron chi connectivity index (χ4n) is 2.08. The number of nitrogens with one attached hydrogen (secondary N) is 1. The molecule has 1 amide bonds. The number of carbonyl (C=O) groups is 1. The van der Waals surface area contributed by atoms with Gasteiger partial charge in [0.25, 0.3) is 5.91 Å². The third kappa shape index (κ3) is 3.16. The van der Waals surface area contributed by atoms with Gasteiger partial charge in [0.2, 0.25) is 0 Å². The van der Waals surface area contributed by atoms with Crippen molar-refractivity contribution in [3.63, 3.8) is 0 Å². The molecule has 0 atom stereocenters. The molecule has 2 aromatic carbocycles. The second-order valence-corrected chi connectivity index (χ2v) is 5.56. The average molecular weight is 331 g/mol. The van der Waals surface area contributed by atoms with Crippen LogP contribution in [-0.2, 0) is 0 Å². The summed E-state index contributed by atoms with van der Waals surface area (Å²) in [6.07, 6.45) is 3.89. The Morgan fingerprint density at radius 2 is 1.64 bits per heavy atom. The summed E-state index contributed by atoms with van der Waals surface area (Å²) < 4.78 is 1.97.